The van der Waals surface area contributed by atoms with Crippen molar-refractivity contribution in [2.45, 2.75) is 6.54 Å². The van der Waals surface area contributed by atoms with E-state index < -0.39 is 0 Å². The number of carbonyl (C=O) groups excluding carboxylic acids is 1. The van der Waals surface area contributed by atoms with E-state index in [4.69, 9.17) is 10.5 Å². The second-order valence-corrected chi connectivity index (χ2v) is 4.79. The predicted molar refractivity (Wildman–Crippen MR) is 85.6 cm³/mol. The van der Waals surface area contributed by atoms with E-state index in [1.807, 2.05) is 18.2 Å². The highest BCUT2D eigenvalue weighted by atomic mass is 19.1. The van der Waals surface area contributed by atoms with Crippen molar-refractivity contribution in [2.75, 3.05) is 13.2 Å². The molecule has 0 atom stereocenters. The summed E-state index contributed by atoms with van der Waals surface area (Å²) < 4.78 is 17.8. The lowest BCUT2D eigenvalue weighted by atomic mass is 10.2. The zero-order valence-electron chi connectivity index (χ0n) is 12.5. The number of pyridine rings is 1. The number of nitrogens with zero attached hydrogens (tertiary/aromatic N) is 1. The maximum Gasteiger partial charge on any atom is 0.251 e. The van der Waals surface area contributed by atoms with Gasteiger partial charge in [0.15, 0.2) is 0 Å². The molecule has 120 valence electrons. The van der Waals surface area contributed by atoms with Crippen molar-refractivity contribution in [2.24, 2.45) is 5.73 Å². The average Bonchev–Trinajstić information content (AvgIpc) is 2.62. The predicted octanol–water partition coefficient (Wildman–Crippen LogP) is 2.20. The third kappa shape index (κ3) is 5.19. The van der Waals surface area contributed by atoms with E-state index in [9.17, 15) is 9.18 Å². The Balaban J connectivity index is 1.87. The average molecular weight is 315 g/mol. The molecule has 2 rings (SSSR count). The minimum absolute atomic E-state index is 0.0816. The molecule has 6 heteroatoms. The van der Waals surface area contributed by atoms with E-state index in [0.717, 1.165) is 5.69 Å². The molecule has 0 aliphatic heterocycles. The van der Waals surface area contributed by atoms with E-state index in [-0.39, 0.29) is 19.1 Å². The van der Waals surface area contributed by atoms with Crippen LogP contribution in [0.25, 0.3) is 0 Å². The molecule has 0 aliphatic carbocycles. The summed E-state index contributed by atoms with van der Waals surface area (Å²) in [7, 11) is 0. The highest BCUT2D eigenvalue weighted by Gasteiger charge is 2.06. The second-order valence-electron chi connectivity index (χ2n) is 4.79. The first-order valence-corrected chi connectivity index (χ1v) is 7.12. The van der Waals surface area contributed by atoms with Gasteiger partial charge >= 0.3 is 0 Å². The smallest absolute Gasteiger partial charge is 0.251 e. The van der Waals surface area contributed by atoms with Crippen molar-refractivity contribution in [3.05, 3.63) is 71.8 Å². The molecule has 0 saturated carbocycles. The number of halogens is 1. The summed E-state index contributed by atoms with van der Waals surface area (Å²) in [6.07, 6.45) is 2.12. The van der Waals surface area contributed by atoms with E-state index >= 15 is 0 Å². The quantitative estimate of drug-likeness (QED) is 0.821. The Kier molecular flexibility index (Phi) is 6.26. The molecule has 0 aliphatic rings. The van der Waals surface area contributed by atoms with Crippen molar-refractivity contribution in [1.29, 1.82) is 0 Å². The normalized spacial score (nSPS) is 11.1. The van der Waals surface area contributed by atoms with Crippen molar-refractivity contribution in [1.82, 2.24) is 10.3 Å². The number of nitrogens with two attached hydrogens (primary N) is 1. The summed E-state index contributed by atoms with van der Waals surface area (Å²) >= 11 is 0. The summed E-state index contributed by atoms with van der Waals surface area (Å²) in [5.74, 6) is 0.340. The van der Waals surface area contributed by atoms with Crippen LogP contribution >= 0.6 is 0 Å². The van der Waals surface area contributed by atoms with Crippen LogP contribution < -0.4 is 15.8 Å². The zero-order valence-corrected chi connectivity index (χ0v) is 12.5. The fraction of sp³-hybridized carbons (Fsp3) is 0.176. The summed E-state index contributed by atoms with van der Waals surface area (Å²) in [6, 6.07) is 12.1. The third-order valence-corrected chi connectivity index (χ3v) is 3.11. The number of aromatic nitrogens is 1. The van der Waals surface area contributed by atoms with Gasteiger partial charge in [-0.15, -0.1) is 0 Å². The van der Waals surface area contributed by atoms with Crippen molar-refractivity contribution in [3.8, 4) is 5.75 Å². The fourth-order valence-corrected chi connectivity index (χ4v) is 1.79. The summed E-state index contributed by atoms with van der Waals surface area (Å²) in [5.41, 5.74) is 7.00. The minimum Gasteiger partial charge on any atom is -0.489 e. The Hall–Kier alpha value is -2.73. The number of ether oxygens (including phenoxy) is 1. The standard InChI is InChI=1S/C17H18FN3O2/c18-9-13(10-19)12-23-16-6-4-14(5-7-16)17(22)21-11-15-3-1-2-8-20-15/h1-9H,10-12,19H2,(H,21,22)/b13-9+. The number of rotatable bonds is 7. The summed E-state index contributed by atoms with van der Waals surface area (Å²) in [6.45, 7) is 0.543. The number of carbonyl (C=O) groups is 1. The maximum atomic E-state index is 12.4. The van der Waals surface area contributed by atoms with Crippen LogP contribution in [-0.2, 0) is 6.54 Å². The Morgan fingerprint density at radius 2 is 2.04 bits per heavy atom. The van der Waals surface area contributed by atoms with Gasteiger partial charge in [-0.05, 0) is 36.4 Å². The molecule has 0 unspecified atom stereocenters. The molecule has 1 aromatic heterocycles. The van der Waals surface area contributed by atoms with Gasteiger partial charge in [0.05, 0.1) is 18.6 Å². The van der Waals surface area contributed by atoms with Gasteiger partial charge in [-0.3, -0.25) is 9.78 Å². The van der Waals surface area contributed by atoms with Crippen LogP contribution in [0.3, 0.4) is 0 Å². The number of amides is 1. The van der Waals surface area contributed by atoms with E-state index in [1.165, 1.54) is 0 Å². The first kappa shape index (κ1) is 16.6. The van der Waals surface area contributed by atoms with Gasteiger partial charge in [0.25, 0.3) is 5.91 Å². The molecule has 0 bridgehead atoms. The largest absolute Gasteiger partial charge is 0.489 e. The van der Waals surface area contributed by atoms with Crippen molar-refractivity contribution >= 4 is 5.91 Å². The van der Waals surface area contributed by atoms with E-state index in [2.05, 4.69) is 10.3 Å². The molecule has 2 aromatic rings. The molecule has 0 radical (unpaired) electrons. The van der Waals surface area contributed by atoms with Gasteiger partial charge in [0.1, 0.15) is 12.4 Å². The second kappa shape index (κ2) is 8.65. The van der Waals surface area contributed by atoms with Gasteiger partial charge < -0.3 is 15.8 Å². The van der Waals surface area contributed by atoms with Gasteiger partial charge in [-0.1, -0.05) is 6.07 Å². The number of hydrogen-bond donors (Lipinski definition) is 2. The first-order chi connectivity index (χ1) is 11.2. The Morgan fingerprint density at radius 1 is 1.26 bits per heavy atom. The highest BCUT2D eigenvalue weighted by Crippen LogP contribution is 2.13. The number of benzene rings is 1. The zero-order chi connectivity index (χ0) is 16.5. The fourth-order valence-electron chi connectivity index (χ4n) is 1.79. The minimum atomic E-state index is -0.200. The van der Waals surface area contributed by atoms with Crippen LogP contribution in [0.5, 0.6) is 5.75 Å². The highest BCUT2D eigenvalue weighted by molar-refractivity contribution is 5.94. The molecule has 1 aromatic carbocycles. The van der Waals surface area contributed by atoms with Gasteiger partial charge in [-0.2, -0.15) is 0 Å². The van der Waals surface area contributed by atoms with E-state index in [0.29, 0.717) is 29.8 Å². The van der Waals surface area contributed by atoms with Crippen LogP contribution in [0.4, 0.5) is 4.39 Å². The van der Waals surface area contributed by atoms with Crippen LogP contribution in [0.2, 0.25) is 0 Å². The molecule has 3 N–H and O–H groups in total. The molecule has 0 saturated heterocycles. The number of hydrogen-bond acceptors (Lipinski definition) is 4. The molecule has 1 amide bonds. The molecule has 5 nitrogen and oxygen atoms in total. The third-order valence-electron chi connectivity index (χ3n) is 3.11. The van der Waals surface area contributed by atoms with Crippen molar-refractivity contribution in [3.63, 3.8) is 0 Å². The van der Waals surface area contributed by atoms with Gasteiger partial charge in [0.2, 0.25) is 0 Å². The molecule has 0 spiro atoms. The van der Waals surface area contributed by atoms with Crippen molar-refractivity contribution < 1.29 is 13.9 Å². The van der Waals surface area contributed by atoms with Crippen LogP contribution in [-0.4, -0.2) is 24.0 Å². The van der Waals surface area contributed by atoms with E-state index in [1.54, 1.807) is 30.5 Å². The maximum absolute atomic E-state index is 12.4. The Bertz CT molecular complexity index is 657. The number of nitrogens with one attached hydrogen (secondary N) is 1. The van der Waals surface area contributed by atoms with Gasteiger partial charge in [0, 0.05) is 23.9 Å². The monoisotopic (exact) mass is 315 g/mol. The lowest BCUT2D eigenvalue weighted by molar-refractivity contribution is 0.0950. The SMILES string of the molecule is NC/C(=C\F)COc1ccc(C(=O)NCc2ccccn2)cc1. The van der Waals surface area contributed by atoms with Crippen LogP contribution in [0.1, 0.15) is 16.1 Å². The Morgan fingerprint density at radius 3 is 2.65 bits per heavy atom. The first-order valence-electron chi connectivity index (χ1n) is 7.12. The lowest BCUT2D eigenvalue weighted by Gasteiger charge is -2.08. The summed E-state index contributed by atoms with van der Waals surface area (Å²) in [4.78, 5) is 16.2. The topological polar surface area (TPSA) is 77.2 Å². The lowest BCUT2D eigenvalue weighted by Crippen LogP contribution is -2.23. The molecule has 23 heavy (non-hydrogen) atoms. The van der Waals surface area contributed by atoms with Gasteiger partial charge in [-0.25, -0.2) is 4.39 Å². The Labute approximate surface area is 134 Å². The van der Waals surface area contributed by atoms with Crippen LogP contribution in [0, 0.1) is 0 Å². The molecular formula is C17H18FN3O2. The van der Waals surface area contributed by atoms with Crippen LogP contribution in [0.15, 0.2) is 60.6 Å². The molecule has 0 fully saturated rings. The summed E-state index contributed by atoms with van der Waals surface area (Å²) in [5, 5.41) is 2.79. The molecule has 1 heterocycles. The molecular weight excluding hydrogens is 297 g/mol.